The average molecular weight is 1190 g/mol. The Balaban J connectivity index is 0.969. The SMILES string of the molecule is C=CC(=O)OCCCCOc1ccc(C(=O)Oc2c(OC)cc(/C=C/C(=O)Oc3ccc4ccccc4c3-c3c(OC(=O)/C=C/c4cc(OC)c(OC(=O)c5ccc(OCCCCOC(=O)C=C)cc5)c(OC)c4)ccc4ccccc34)cc2OC)cc1. The summed E-state index contributed by atoms with van der Waals surface area (Å²) >= 11 is 0. The molecular weight excluding hydrogens is 1130 g/mol. The highest BCUT2D eigenvalue weighted by Gasteiger charge is 2.24. The van der Waals surface area contributed by atoms with Crippen LogP contribution in [0.2, 0.25) is 0 Å². The van der Waals surface area contributed by atoms with Crippen LogP contribution in [0.5, 0.6) is 57.5 Å². The number of methoxy groups -OCH3 is 4. The number of fused-ring (bicyclic) bond motifs is 2. The summed E-state index contributed by atoms with van der Waals surface area (Å²) in [7, 11) is 5.60. The van der Waals surface area contributed by atoms with Crippen LogP contribution in [-0.4, -0.2) is 90.7 Å². The van der Waals surface area contributed by atoms with E-state index in [0.29, 0.717) is 83.4 Å². The Kier molecular flexibility index (Phi) is 22.2. The van der Waals surface area contributed by atoms with Crippen molar-refractivity contribution in [1.29, 1.82) is 0 Å². The Labute approximate surface area is 507 Å². The number of hydrogen-bond donors (Lipinski definition) is 0. The molecule has 8 aromatic carbocycles. The van der Waals surface area contributed by atoms with Gasteiger partial charge >= 0.3 is 35.8 Å². The number of carbonyl (C=O) groups is 6. The number of esters is 6. The van der Waals surface area contributed by atoms with E-state index in [-0.39, 0.29) is 70.3 Å². The van der Waals surface area contributed by atoms with E-state index < -0.39 is 35.8 Å². The summed E-state index contributed by atoms with van der Waals surface area (Å²) in [6.45, 7) is 7.99. The highest BCUT2D eigenvalue weighted by Crippen LogP contribution is 2.46. The van der Waals surface area contributed by atoms with Crippen LogP contribution < -0.4 is 47.4 Å². The highest BCUT2D eigenvalue weighted by atomic mass is 16.6. The zero-order chi connectivity index (χ0) is 62.4. The van der Waals surface area contributed by atoms with Gasteiger partial charge in [0, 0.05) is 35.4 Å². The molecule has 0 radical (unpaired) electrons. The minimum atomic E-state index is -0.755. The summed E-state index contributed by atoms with van der Waals surface area (Å²) in [5, 5.41) is 3.02. The lowest BCUT2D eigenvalue weighted by Gasteiger charge is -2.18. The Bertz CT molecular complexity index is 3610. The van der Waals surface area contributed by atoms with E-state index in [9.17, 15) is 28.8 Å². The standard InChI is InChI=1S/C70H62O18/c1-7-61(71)83-39-15-13-37-81-51-29-23-49(24-30-51)69(75)87-67-57(77-3)41-45(42-58(67)78-4)21-35-63(73)85-55-33-27-47-17-9-11-19-53(47)65(55)66-54-20-12-10-18-48(54)28-34-56(66)86-64(74)36-22-46-43-59(79-5)68(60(44-46)80-6)88-70(76)50-25-31-52(32-26-50)82-38-14-16-40-84-62(72)8-2/h7-12,17-36,41-44H,1-2,13-16,37-40H2,3-6H3/b35-21+,36-22+. The van der Waals surface area contributed by atoms with Crippen molar-refractivity contribution < 1.29 is 85.6 Å². The van der Waals surface area contributed by atoms with Gasteiger partial charge in [0.1, 0.15) is 23.0 Å². The smallest absolute Gasteiger partial charge is 0.343 e. The van der Waals surface area contributed by atoms with Gasteiger partial charge < -0.3 is 56.8 Å². The predicted molar refractivity (Wildman–Crippen MR) is 330 cm³/mol. The molecule has 0 amide bonds. The Morgan fingerprint density at radius 2 is 0.739 bits per heavy atom. The molecule has 0 fully saturated rings. The van der Waals surface area contributed by atoms with Crippen molar-refractivity contribution in [3.8, 4) is 68.6 Å². The Morgan fingerprint density at radius 3 is 1.09 bits per heavy atom. The van der Waals surface area contributed by atoms with E-state index in [4.69, 9.17) is 56.8 Å². The zero-order valence-corrected chi connectivity index (χ0v) is 48.7. The lowest BCUT2D eigenvalue weighted by molar-refractivity contribution is -0.138. The van der Waals surface area contributed by atoms with Gasteiger partial charge in [-0.25, -0.2) is 28.8 Å². The van der Waals surface area contributed by atoms with Gasteiger partial charge in [0.25, 0.3) is 0 Å². The fourth-order valence-electron chi connectivity index (χ4n) is 8.93. The molecule has 0 atom stereocenters. The first-order valence-electron chi connectivity index (χ1n) is 27.7. The summed E-state index contributed by atoms with van der Waals surface area (Å²) in [5.41, 5.74) is 2.29. The molecule has 0 saturated carbocycles. The van der Waals surface area contributed by atoms with Crippen LogP contribution in [0.25, 0.3) is 44.8 Å². The molecule has 88 heavy (non-hydrogen) atoms. The molecule has 0 aliphatic carbocycles. The van der Waals surface area contributed by atoms with Gasteiger partial charge in [-0.3, -0.25) is 0 Å². The molecule has 0 heterocycles. The summed E-state index contributed by atoms with van der Waals surface area (Å²) in [5.74, 6) is -1.88. The van der Waals surface area contributed by atoms with Crippen LogP contribution in [0.3, 0.4) is 0 Å². The molecule has 0 spiro atoms. The fraction of sp³-hybridized carbons (Fsp3) is 0.171. The van der Waals surface area contributed by atoms with E-state index >= 15 is 0 Å². The second-order valence-electron chi connectivity index (χ2n) is 19.0. The number of carbonyl (C=O) groups excluding carboxylic acids is 6. The molecule has 18 nitrogen and oxygen atoms in total. The van der Waals surface area contributed by atoms with Gasteiger partial charge in [0.15, 0.2) is 23.0 Å². The van der Waals surface area contributed by atoms with E-state index in [1.165, 1.54) is 52.7 Å². The summed E-state index contributed by atoms with van der Waals surface area (Å²) in [6, 6.07) is 41.1. The minimum Gasteiger partial charge on any atom is -0.494 e. The molecule has 0 aromatic heterocycles. The second-order valence-corrected chi connectivity index (χ2v) is 19.0. The molecule has 450 valence electrons. The maximum Gasteiger partial charge on any atom is 0.343 e. The van der Waals surface area contributed by atoms with E-state index in [1.54, 1.807) is 84.9 Å². The van der Waals surface area contributed by atoms with Crippen LogP contribution in [0.1, 0.15) is 57.5 Å². The first kappa shape index (κ1) is 62.9. The van der Waals surface area contributed by atoms with E-state index in [0.717, 1.165) is 22.9 Å². The second kappa shape index (κ2) is 31.1. The van der Waals surface area contributed by atoms with E-state index in [2.05, 4.69) is 13.2 Å². The van der Waals surface area contributed by atoms with Gasteiger partial charge in [0.05, 0.1) is 66.0 Å². The Morgan fingerprint density at radius 1 is 0.386 bits per heavy atom. The monoisotopic (exact) mass is 1190 g/mol. The van der Waals surface area contributed by atoms with E-state index in [1.807, 2.05) is 60.7 Å². The normalized spacial score (nSPS) is 10.9. The summed E-state index contributed by atoms with van der Waals surface area (Å²) in [4.78, 5) is 77.2. The number of rotatable bonds is 29. The van der Waals surface area contributed by atoms with Crippen molar-refractivity contribution in [1.82, 2.24) is 0 Å². The topological polar surface area (TPSA) is 213 Å². The van der Waals surface area contributed by atoms with Crippen molar-refractivity contribution >= 4 is 69.5 Å². The molecule has 0 unspecified atom stereocenters. The lowest BCUT2D eigenvalue weighted by atomic mass is 9.92. The van der Waals surface area contributed by atoms with Crippen molar-refractivity contribution in [2.75, 3.05) is 54.9 Å². The third-order valence-corrected chi connectivity index (χ3v) is 13.2. The number of unbranched alkanes of at least 4 members (excludes halogenated alkanes) is 2. The van der Waals surface area contributed by atoms with Gasteiger partial charge in [-0.15, -0.1) is 0 Å². The molecule has 0 N–H and O–H groups in total. The summed E-state index contributed by atoms with van der Waals surface area (Å²) in [6.07, 6.45) is 10.1. The van der Waals surface area contributed by atoms with Crippen molar-refractivity contribution in [3.63, 3.8) is 0 Å². The van der Waals surface area contributed by atoms with Crippen LogP contribution in [0.15, 0.2) is 183 Å². The van der Waals surface area contributed by atoms with Crippen molar-refractivity contribution in [3.05, 3.63) is 205 Å². The van der Waals surface area contributed by atoms with Gasteiger partial charge in [-0.1, -0.05) is 73.8 Å². The predicted octanol–water partition coefficient (Wildman–Crippen LogP) is 13.1. The van der Waals surface area contributed by atoms with Crippen LogP contribution >= 0.6 is 0 Å². The zero-order valence-electron chi connectivity index (χ0n) is 48.7. The van der Waals surface area contributed by atoms with Crippen LogP contribution in [-0.2, 0) is 28.7 Å². The largest absolute Gasteiger partial charge is 0.494 e. The molecule has 8 aromatic rings. The lowest BCUT2D eigenvalue weighted by Crippen LogP contribution is -2.10. The first-order chi connectivity index (χ1) is 42.8. The molecule has 0 saturated heterocycles. The fourth-order valence-corrected chi connectivity index (χ4v) is 8.93. The molecular formula is C70H62O18. The first-order valence-corrected chi connectivity index (χ1v) is 27.7. The van der Waals surface area contributed by atoms with Gasteiger partial charge in [0.2, 0.25) is 11.5 Å². The van der Waals surface area contributed by atoms with Crippen LogP contribution in [0.4, 0.5) is 0 Å². The molecule has 0 aliphatic rings. The maximum atomic E-state index is 14.0. The Hall–Kier alpha value is -11.1. The molecule has 0 aliphatic heterocycles. The molecule has 18 heteroatoms. The minimum absolute atomic E-state index is 0.00783. The third-order valence-electron chi connectivity index (χ3n) is 13.2. The number of benzene rings is 8. The molecule has 8 rings (SSSR count). The molecule has 0 bridgehead atoms. The maximum absolute atomic E-state index is 14.0. The van der Waals surface area contributed by atoms with Gasteiger partial charge in [-0.05, 0) is 155 Å². The van der Waals surface area contributed by atoms with Crippen molar-refractivity contribution in [2.45, 2.75) is 25.7 Å². The average Bonchev–Trinajstić information content (AvgIpc) is 1.10. The van der Waals surface area contributed by atoms with Gasteiger partial charge in [-0.2, -0.15) is 0 Å². The third kappa shape index (κ3) is 16.6. The van der Waals surface area contributed by atoms with Crippen LogP contribution in [0, 0.1) is 0 Å². The quantitative estimate of drug-likeness (QED) is 0.0184. The summed E-state index contributed by atoms with van der Waals surface area (Å²) < 4.78 is 67.9. The number of hydrogen-bond acceptors (Lipinski definition) is 18. The highest BCUT2D eigenvalue weighted by molar-refractivity contribution is 6.11. The number of ether oxygens (including phenoxy) is 12. The van der Waals surface area contributed by atoms with Crippen molar-refractivity contribution in [2.24, 2.45) is 0 Å².